The Labute approximate surface area is 580 Å². The second-order valence-corrected chi connectivity index (χ2v) is 30.6. The summed E-state index contributed by atoms with van der Waals surface area (Å²) >= 11 is 0. The van der Waals surface area contributed by atoms with Crippen molar-refractivity contribution < 1.29 is 80.2 Å². The average Bonchev–Trinajstić information content (AvgIpc) is 1.26. The molecule has 3 N–H and O–H groups in total. The molecule has 0 saturated heterocycles. The first-order valence-electron chi connectivity index (χ1n) is 38.8. The molecule has 0 fully saturated rings. The van der Waals surface area contributed by atoms with E-state index in [1.165, 1.54) is 161 Å². The van der Waals surface area contributed by atoms with E-state index in [1.54, 1.807) is 0 Å². The van der Waals surface area contributed by atoms with Gasteiger partial charge in [-0.05, 0) is 63.2 Å². The quantitative estimate of drug-likeness (QED) is 0.0169. The van der Waals surface area contributed by atoms with Crippen molar-refractivity contribution in [2.45, 2.75) is 387 Å². The van der Waals surface area contributed by atoms with Crippen LogP contribution >= 0.6 is 15.6 Å². The number of aliphatic hydroxyl groups is 1. The van der Waals surface area contributed by atoms with Crippen LogP contribution in [-0.2, 0) is 65.4 Å². The Morgan fingerprint density at radius 3 is 0.863 bits per heavy atom. The Kier molecular flexibility index (Phi) is 65.6. The molecular formula is C76H144O17P2. The number of aliphatic hydroxyl groups excluding tert-OH is 1. The number of carbonyl (C=O) groups is 4. The zero-order valence-corrected chi connectivity index (χ0v) is 63.2. The summed E-state index contributed by atoms with van der Waals surface area (Å²) < 4.78 is 68.4. The van der Waals surface area contributed by atoms with E-state index < -0.39 is 97.5 Å². The van der Waals surface area contributed by atoms with E-state index in [9.17, 15) is 43.2 Å². The summed E-state index contributed by atoms with van der Waals surface area (Å²) in [4.78, 5) is 72.7. The first kappa shape index (κ1) is 92.5. The van der Waals surface area contributed by atoms with Crippen LogP contribution in [0.15, 0.2) is 24.3 Å². The van der Waals surface area contributed by atoms with Crippen LogP contribution in [0.3, 0.4) is 0 Å². The van der Waals surface area contributed by atoms with Crippen LogP contribution in [0.25, 0.3) is 0 Å². The number of phosphoric ester groups is 2. The van der Waals surface area contributed by atoms with Crippen LogP contribution in [0, 0.1) is 11.8 Å². The van der Waals surface area contributed by atoms with Gasteiger partial charge in [0, 0.05) is 25.7 Å². The maximum absolute atomic E-state index is 13.1. The third kappa shape index (κ3) is 69.8. The van der Waals surface area contributed by atoms with Crippen molar-refractivity contribution in [1.82, 2.24) is 0 Å². The Hall–Kier alpha value is -2.46. The lowest BCUT2D eigenvalue weighted by Crippen LogP contribution is -2.30. The molecule has 95 heavy (non-hydrogen) atoms. The van der Waals surface area contributed by atoms with Gasteiger partial charge in [0.25, 0.3) is 0 Å². The van der Waals surface area contributed by atoms with Crippen molar-refractivity contribution in [3.63, 3.8) is 0 Å². The van der Waals surface area contributed by atoms with Crippen LogP contribution in [0.1, 0.15) is 369 Å². The number of unbranched alkanes of at least 4 members (excludes halogenated alkanes) is 40. The van der Waals surface area contributed by atoms with E-state index in [4.69, 9.17) is 37.0 Å². The van der Waals surface area contributed by atoms with E-state index in [2.05, 4.69) is 65.8 Å². The number of phosphoric acid groups is 2. The SMILES string of the molecule is CCCCCC/C=C\C=C/CCCCCCCC(=O)O[C@H](COC(=O)CCCCCCCCC)COP(=O)(O)OC[C@H](O)COP(=O)(O)OC[C@@H](COC(=O)CCCCCCCCCCCCCCCC(C)C)OC(=O)CCCCCCCCCCCCCCCCC(C)C. The number of esters is 4. The van der Waals surface area contributed by atoms with Crippen molar-refractivity contribution >= 4 is 39.5 Å². The minimum atomic E-state index is -4.96. The molecule has 0 aromatic heterocycles. The highest BCUT2D eigenvalue weighted by atomic mass is 31.2. The highest BCUT2D eigenvalue weighted by molar-refractivity contribution is 7.47. The predicted molar refractivity (Wildman–Crippen MR) is 386 cm³/mol. The van der Waals surface area contributed by atoms with Crippen molar-refractivity contribution in [2.24, 2.45) is 11.8 Å². The van der Waals surface area contributed by atoms with Crippen LogP contribution in [-0.4, -0.2) is 96.7 Å². The van der Waals surface area contributed by atoms with Gasteiger partial charge in [-0.2, -0.15) is 0 Å². The summed E-state index contributed by atoms with van der Waals surface area (Å²) in [6.07, 6.45) is 57.8. The monoisotopic (exact) mass is 1390 g/mol. The molecule has 0 aliphatic carbocycles. The van der Waals surface area contributed by atoms with Crippen LogP contribution in [0.5, 0.6) is 0 Å². The molecule has 0 aromatic carbocycles. The fourth-order valence-electron chi connectivity index (χ4n) is 11.1. The molecule has 0 rings (SSSR count). The van der Waals surface area contributed by atoms with Gasteiger partial charge in [0.2, 0.25) is 0 Å². The molecule has 0 aromatic rings. The van der Waals surface area contributed by atoms with E-state index >= 15 is 0 Å². The summed E-state index contributed by atoms with van der Waals surface area (Å²) in [5, 5.41) is 10.6. The third-order valence-corrected chi connectivity index (χ3v) is 19.0. The second-order valence-electron chi connectivity index (χ2n) is 27.7. The maximum atomic E-state index is 13.1. The van der Waals surface area contributed by atoms with Gasteiger partial charge in [-0.1, -0.05) is 316 Å². The molecule has 0 radical (unpaired) electrons. The van der Waals surface area contributed by atoms with Crippen LogP contribution in [0.4, 0.5) is 0 Å². The summed E-state index contributed by atoms with van der Waals surface area (Å²) in [6.45, 7) is 9.53. The second kappa shape index (κ2) is 67.4. The first-order valence-corrected chi connectivity index (χ1v) is 41.8. The number of rotatable bonds is 73. The Balaban J connectivity index is 5.23. The minimum Gasteiger partial charge on any atom is -0.462 e. The van der Waals surface area contributed by atoms with Crippen molar-refractivity contribution in [3.05, 3.63) is 24.3 Å². The zero-order valence-electron chi connectivity index (χ0n) is 61.5. The lowest BCUT2D eigenvalue weighted by Gasteiger charge is -2.21. The number of hydrogen-bond acceptors (Lipinski definition) is 15. The molecule has 0 aliphatic heterocycles. The summed E-state index contributed by atoms with van der Waals surface area (Å²) in [6, 6.07) is 0. The molecule has 0 saturated carbocycles. The standard InChI is InChI=1S/C76H144O17P2/c1-7-9-11-13-15-16-17-18-19-25-31-36-42-48-54-60-75(80)92-71(64-86-73(78)58-52-46-38-14-12-10-8-2)66-90-94(82,83)88-62-70(77)63-89-95(84,85)91-67-72(65-87-74(79)59-53-47-41-35-30-27-22-24-29-34-40-45-51-57-69(5)6)93-76(81)61-55-49-43-37-32-26-21-20-23-28-33-39-44-50-56-68(3)4/h16-19,68-72,77H,7-15,20-67H2,1-6H3,(H,82,83)(H,84,85)/b17-16-,19-18-/t70-,71+,72+/m0/s1. The van der Waals surface area contributed by atoms with E-state index in [-0.39, 0.29) is 25.7 Å². The average molecular weight is 1390 g/mol. The number of hydrogen-bond donors (Lipinski definition) is 3. The molecule has 19 heteroatoms. The molecule has 0 aliphatic rings. The Morgan fingerprint density at radius 2 is 0.568 bits per heavy atom. The normalized spacial score (nSPS) is 14.2. The van der Waals surface area contributed by atoms with Gasteiger partial charge in [0.05, 0.1) is 26.4 Å². The largest absolute Gasteiger partial charge is 0.472 e. The molecule has 0 amide bonds. The minimum absolute atomic E-state index is 0.0846. The number of carbonyl (C=O) groups excluding carboxylic acids is 4. The van der Waals surface area contributed by atoms with Gasteiger partial charge < -0.3 is 33.8 Å². The summed E-state index contributed by atoms with van der Waals surface area (Å²) in [5.41, 5.74) is 0. The van der Waals surface area contributed by atoms with Gasteiger partial charge in [-0.15, -0.1) is 0 Å². The van der Waals surface area contributed by atoms with Gasteiger partial charge in [0.1, 0.15) is 19.3 Å². The van der Waals surface area contributed by atoms with Gasteiger partial charge in [-0.25, -0.2) is 9.13 Å². The molecule has 5 atom stereocenters. The molecular weight excluding hydrogens is 1250 g/mol. The van der Waals surface area contributed by atoms with Gasteiger partial charge >= 0.3 is 39.5 Å². The van der Waals surface area contributed by atoms with Crippen LogP contribution in [0.2, 0.25) is 0 Å². The topological polar surface area (TPSA) is 237 Å². The van der Waals surface area contributed by atoms with E-state index in [0.717, 1.165) is 127 Å². The fraction of sp³-hybridized carbons (Fsp3) is 0.895. The fourth-order valence-corrected chi connectivity index (χ4v) is 12.7. The lowest BCUT2D eigenvalue weighted by atomic mass is 10.0. The number of allylic oxidation sites excluding steroid dienone is 4. The smallest absolute Gasteiger partial charge is 0.462 e. The summed E-state index contributed by atoms with van der Waals surface area (Å²) in [5.74, 6) is -0.567. The van der Waals surface area contributed by atoms with E-state index in [0.29, 0.717) is 25.7 Å². The maximum Gasteiger partial charge on any atom is 0.472 e. The van der Waals surface area contributed by atoms with Crippen molar-refractivity contribution in [2.75, 3.05) is 39.6 Å². The van der Waals surface area contributed by atoms with Crippen molar-refractivity contribution in [3.8, 4) is 0 Å². The first-order chi connectivity index (χ1) is 45.9. The number of ether oxygens (including phenoxy) is 4. The molecule has 0 spiro atoms. The zero-order chi connectivity index (χ0) is 70.0. The van der Waals surface area contributed by atoms with Gasteiger partial charge in [0.15, 0.2) is 12.2 Å². The molecule has 2 unspecified atom stereocenters. The third-order valence-electron chi connectivity index (χ3n) is 17.1. The van der Waals surface area contributed by atoms with E-state index in [1.807, 2.05) is 0 Å². The Morgan fingerprint density at radius 1 is 0.326 bits per heavy atom. The van der Waals surface area contributed by atoms with Gasteiger partial charge in [-0.3, -0.25) is 37.3 Å². The predicted octanol–water partition coefficient (Wildman–Crippen LogP) is 21.9. The summed E-state index contributed by atoms with van der Waals surface area (Å²) in [7, 11) is -9.92. The van der Waals surface area contributed by atoms with Crippen LogP contribution < -0.4 is 0 Å². The highest BCUT2D eigenvalue weighted by Crippen LogP contribution is 2.45. The lowest BCUT2D eigenvalue weighted by molar-refractivity contribution is -0.161. The highest BCUT2D eigenvalue weighted by Gasteiger charge is 2.30. The molecule has 0 bridgehead atoms. The molecule has 17 nitrogen and oxygen atoms in total. The van der Waals surface area contributed by atoms with Crippen molar-refractivity contribution in [1.29, 1.82) is 0 Å². The Bertz CT molecular complexity index is 1930. The molecule has 560 valence electrons. The molecule has 0 heterocycles.